The highest BCUT2D eigenvalue weighted by Gasteiger charge is 2.05. The normalized spacial score (nSPS) is 10.4. The van der Waals surface area contributed by atoms with Gasteiger partial charge in [-0.25, -0.2) is 5.84 Å². The number of amides is 1. The standard InChI is InChI=1S/C10H14ClN3O/c1-14(7-10(15)13-12)6-8-2-4-9(11)5-3-8/h2-5H,6-7,12H2,1H3,(H,13,15). The van der Waals surface area contributed by atoms with Crippen molar-refractivity contribution < 1.29 is 4.79 Å². The van der Waals surface area contributed by atoms with Crippen LogP contribution in [0.2, 0.25) is 5.02 Å². The molecule has 5 heteroatoms. The molecule has 0 unspecified atom stereocenters. The molecule has 0 aromatic heterocycles. The number of nitrogens with two attached hydrogens (primary N) is 1. The summed E-state index contributed by atoms with van der Waals surface area (Å²) in [5, 5.41) is 0.709. The average Bonchev–Trinajstić information content (AvgIpc) is 2.21. The second-order valence-corrected chi connectivity index (χ2v) is 3.80. The van der Waals surface area contributed by atoms with Gasteiger partial charge in [0.2, 0.25) is 5.91 Å². The molecule has 0 heterocycles. The van der Waals surface area contributed by atoms with Gasteiger partial charge in [-0.15, -0.1) is 0 Å². The van der Waals surface area contributed by atoms with E-state index < -0.39 is 0 Å². The number of hydrogen-bond donors (Lipinski definition) is 2. The average molecular weight is 228 g/mol. The van der Waals surface area contributed by atoms with Crippen molar-refractivity contribution in [3.8, 4) is 0 Å². The number of hydrogen-bond acceptors (Lipinski definition) is 3. The molecule has 0 spiro atoms. The van der Waals surface area contributed by atoms with Gasteiger partial charge in [0.15, 0.2) is 0 Å². The summed E-state index contributed by atoms with van der Waals surface area (Å²) >= 11 is 5.76. The molecule has 1 rings (SSSR count). The molecule has 0 aliphatic heterocycles. The summed E-state index contributed by atoms with van der Waals surface area (Å²) in [6.07, 6.45) is 0. The van der Waals surface area contributed by atoms with E-state index in [9.17, 15) is 4.79 Å². The van der Waals surface area contributed by atoms with E-state index in [4.69, 9.17) is 17.4 Å². The van der Waals surface area contributed by atoms with Crippen LogP contribution in [0, 0.1) is 0 Å². The van der Waals surface area contributed by atoms with Gasteiger partial charge in [0.05, 0.1) is 6.54 Å². The van der Waals surface area contributed by atoms with Crippen LogP contribution in [0.3, 0.4) is 0 Å². The van der Waals surface area contributed by atoms with Crippen LogP contribution in [0.5, 0.6) is 0 Å². The Balaban J connectivity index is 2.47. The van der Waals surface area contributed by atoms with Crippen LogP contribution in [0.25, 0.3) is 0 Å². The molecule has 0 aliphatic rings. The Labute approximate surface area is 94.0 Å². The highest BCUT2D eigenvalue weighted by atomic mass is 35.5. The molecule has 0 atom stereocenters. The fourth-order valence-corrected chi connectivity index (χ4v) is 1.37. The number of rotatable bonds is 4. The molecular weight excluding hydrogens is 214 g/mol. The summed E-state index contributed by atoms with van der Waals surface area (Å²) < 4.78 is 0. The number of likely N-dealkylation sites (N-methyl/N-ethyl adjacent to an activating group) is 1. The molecule has 82 valence electrons. The second kappa shape index (κ2) is 5.70. The first-order valence-electron chi connectivity index (χ1n) is 4.54. The third-order valence-electron chi connectivity index (χ3n) is 1.94. The van der Waals surface area contributed by atoms with Crippen molar-refractivity contribution in [1.82, 2.24) is 10.3 Å². The van der Waals surface area contributed by atoms with Gasteiger partial charge in [-0.1, -0.05) is 23.7 Å². The predicted molar refractivity (Wildman–Crippen MR) is 60.1 cm³/mol. The predicted octanol–water partition coefficient (Wildman–Crippen LogP) is 0.762. The molecule has 0 bridgehead atoms. The van der Waals surface area contributed by atoms with Gasteiger partial charge < -0.3 is 0 Å². The molecule has 0 radical (unpaired) electrons. The minimum atomic E-state index is -0.202. The Hall–Kier alpha value is -1.10. The zero-order chi connectivity index (χ0) is 11.3. The minimum absolute atomic E-state index is 0.202. The van der Waals surface area contributed by atoms with E-state index in [1.807, 2.05) is 36.2 Å². The van der Waals surface area contributed by atoms with E-state index >= 15 is 0 Å². The van der Waals surface area contributed by atoms with Crippen molar-refractivity contribution in [3.05, 3.63) is 34.9 Å². The topological polar surface area (TPSA) is 58.4 Å². The molecule has 0 fully saturated rings. The van der Waals surface area contributed by atoms with Gasteiger partial charge in [-0.2, -0.15) is 0 Å². The molecule has 0 aliphatic carbocycles. The SMILES string of the molecule is CN(CC(=O)NN)Cc1ccc(Cl)cc1. The van der Waals surface area contributed by atoms with Crippen LogP contribution in [-0.2, 0) is 11.3 Å². The van der Waals surface area contributed by atoms with Gasteiger partial charge in [-0.3, -0.25) is 15.1 Å². The van der Waals surface area contributed by atoms with E-state index in [-0.39, 0.29) is 12.5 Å². The highest BCUT2D eigenvalue weighted by Crippen LogP contribution is 2.10. The Morgan fingerprint density at radius 3 is 2.60 bits per heavy atom. The highest BCUT2D eigenvalue weighted by molar-refractivity contribution is 6.30. The fourth-order valence-electron chi connectivity index (χ4n) is 1.25. The number of nitrogens with one attached hydrogen (secondary N) is 1. The monoisotopic (exact) mass is 227 g/mol. The van der Waals surface area contributed by atoms with Crippen LogP contribution in [0.15, 0.2) is 24.3 Å². The zero-order valence-electron chi connectivity index (χ0n) is 8.53. The van der Waals surface area contributed by atoms with E-state index in [0.717, 1.165) is 5.56 Å². The molecule has 15 heavy (non-hydrogen) atoms. The minimum Gasteiger partial charge on any atom is -0.293 e. The number of carbonyl (C=O) groups is 1. The summed E-state index contributed by atoms with van der Waals surface area (Å²) in [6.45, 7) is 0.962. The Kier molecular flexibility index (Phi) is 4.55. The first-order chi connectivity index (χ1) is 7.11. The van der Waals surface area contributed by atoms with Crippen molar-refractivity contribution in [1.29, 1.82) is 0 Å². The molecule has 3 N–H and O–H groups in total. The lowest BCUT2D eigenvalue weighted by Crippen LogP contribution is -2.38. The van der Waals surface area contributed by atoms with Crippen LogP contribution in [0.4, 0.5) is 0 Å². The maximum Gasteiger partial charge on any atom is 0.248 e. The summed E-state index contributed by atoms with van der Waals surface area (Å²) in [4.78, 5) is 12.8. The first kappa shape index (κ1) is 12.0. The maximum atomic E-state index is 11.0. The number of halogens is 1. The van der Waals surface area contributed by atoms with E-state index in [1.54, 1.807) is 0 Å². The molecule has 1 amide bonds. The van der Waals surface area contributed by atoms with Crippen molar-refractivity contribution in [2.24, 2.45) is 5.84 Å². The lowest BCUT2D eigenvalue weighted by Gasteiger charge is -2.15. The summed E-state index contributed by atoms with van der Waals surface area (Å²) in [7, 11) is 1.85. The summed E-state index contributed by atoms with van der Waals surface area (Å²) in [5.74, 6) is 4.79. The van der Waals surface area contributed by atoms with Gasteiger partial charge in [0, 0.05) is 11.6 Å². The number of nitrogens with zero attached hydrogens (tertiary/aromatic N) is 1. The van der Waals surface area contributed by atoms with E-state index in [1.165, 1.54) is 0 Å². The van der Waals surface area contributed by atoms with Gasteiger partial charge in [0.1, 0.15) is 0 Å². The molecule has 0 saturated heterocycles. The van der Waals surface area contributed by atoms with Crippen LogP contribution >= 0.6 is 11.6 Å². The van der Waals surface area contributed by atoms with Crippen LogP contribution < -0.4 is 11.3 Å². The van der Waals surface area contributed by atoms with Crippen molar-refractivity contribution in [2.75, 3.05) is 13.6 Å². The van der Waals surface area contributed by atoms with Crippen molar-refractivity contribution in [3.63, 3.8) is 0 Å². The third kappa shape index (κ3) is 4.29. The van der Waals surface area contributed by atoms with Crippen molar-refractivity contribution in [2.45, 2.75) is 6.54 Å². The molecule has 0 saturated carbocycles. The quantitative estimate of drug-likeness (QED) is 0.454. The lowest BCUT2D eigenvalue weighted by atomic mass is 10.2. The smallest absolute Gasteiger partial charge is 0.248 e. The molecule has 1 aromatic rings. The van der Waals surface area contributed by atoms with Gasteiger partial charge in [0.25, 0.3) is 0 Å². The molecule has 4 nitrogen and oxygen atoms in total. The summed E-state index contributed by atoms with van der Waals surface area (Å²) in [5.41, 5.74) is 3.19. The summed E-state index contributed by atoms with van der Waals surface area (Å²) in [6, 6.07) is 7.51. The Morgan fingerprint density at radius 1 is 1.47 bits per heavy atom. The lowest BCUT2D eigenvalue weighted by molar-refractivity contribution is -0.122. The van der Waals surface area contributed by atoms with Gasteiger partial charge >= 0.3 is 0 Å². The largest absolute Gasteiger partial charge is 0.293 e. The third-order valence-corrected chi connectivity index (χ3v) is 2.19. The Bertz CT molecular complexity index is 326. The number of hydrazine groups is 1. The zero-order valence-corrected chi connectivity index (χ0v) is 9.29. The second-order valence-electron chi connectivity index (χ2n) is 3.37. The fraction of sp³-hybridized carbons (Fsp3) is 0.300. The number of benzene rings is 1. The van der Waals surface area contributed by atoms with E-state index in [2.05, 4.69) is 5.43 Å². The van der Waals surface area contributed by atoms with Crippen molar-refractivity contribution >= 4 is 17.5 Å². The van der Waals surface area contributed by atoms with Gasteiger partial charge in [-0.05, 0) is 24.7 Å². The van der Waals surface area contributed by atoms with Crippen LogP contribution in [-0.4, -0.2) is 24.4 Å². The number of carbonyl (C=O) groups excluding carboxylic acids is 1. The Morgan fingerprint density at radius 2 is 2.07 bits per heavy atom. The maximum absolute atomic E-state index is 11.0. The molecular formula is C10H14ClN3O. The van der Waals surface area contributed by atoms with E-state index in [0.29, 0.717) is 11.6 Å². The molecule has 1 aromatic carbocycles. The van der Waals surface area contributed by atoms with Crippen LogP contribution in [0.1, 0.15) is 5.56 Å². The first-order valence-corrected chi connectivity index (χ1v) is 4.92.